The lowest BCUT2D eigenvalue weighted by Gasteiger charge is -2.00. The summed E-state index contributed by atoms with van der Waals surface area (Å²) in [7, 11) is 0. The molecule has 0 spiro atoms. The van der Waals surface area contributed by atoms with Gasteiger partial charge in [-0.1, -0.05) is 0 Å². The van der Waals surface area contributed by atoms with Gasteiger partial charge < -0.3 is 19.8 Å². The minimum Gasteiger partial charge on any atom is -0.545 e. The molecule has 0 rings (SSSR count). The number of hydrogen-bond donors (Lipinski definition) is 0. The van der Waals surface area contributed by atoms with E-state index < -0.39 is 11.9 Å². The van der Waals surface area contributed by atoms with E-state index in [-0.39, 0.29) is 5.57 Å². The predicted octanol–water partition coefficient (Wildman–Crippen LogP) is -2.57. The van der Waals surface area contributed by atoms with E-state index >= 15 is 0 Å². The van der Waals surface area contributed by atoms with Crippen LogP contribution in [0.3, 0.4) is 0 Å². The molecule has 0 atom stereocenters. The van der Waals surface area contributed by atoms with Crippen LogP contribution in [0.1, 0.15) is 6.92 Å². The van der Waals surface area contributed by atoms with Crippen LogP contribution in [0.2, 0.25) is 0 Å². The summed E-state index contributed by atoms with van der Waals surface area (Å²) in [5.74, 6) is -3.03. The first-order valence-corrected chi connectivity index (χ1v) is 2.14. The van der Waals surface area contributed by atoms with Crippen LogP contribution in [0.4, 0.5) is 0 Å². The van der Waals surface area contributed by atoms with E-state index in [0.717, 1.165) is 6.92 Å². The fourth-order valence-corrected chi connectivity index (χ4v) is 0.236. The van der Waals surface area contributed by atoms with Crippen LogP contribution in [0.25, 0.3) is 0 Å². The minimum absolute atomic E-state index is 0.352. The van der Waals surface area contributed by atoms with Crippen molar-refractivity contribution in [2.75, 3.05) is 0 Å². The second-order valence-corrected chi connectivity index (χ2v) is 1.43. The third-order valence-corrected chi connectivity index (χ3v) is 0.656. The highest BCUT2D eigenvalue weighted by molar-refractivity contribution is 5.92. The zero-order chi connectivity index (χ0) is 7.44. The van der Waals surface area contributed by atoms with Gasteiger partial charge in [0.05, 0.1) is 11.9 Å². The lowest BCUT2D eigenvalue weighted by atomic mass is 10.3. The summed E-state index contributed by atoms with van der Waals surface area (Å²) in [5, 5.41) is 19.4. The molecule has 0 aliphatic carbocycles. The fourth-order valence-electron chi connectivity index (χ4n) is 0.236. The molecule has 0 aromatic carbocycles. The number of carboxylic acids is 2. The Hall–Kier alpha value is -1.32. The molecule has 0 aromatic rings. The average molecular weight is 128 g/mol. The van der Waals surface area contributed by atoms with Gasteiger partial charge in [-0.15, -0.1) is 0 Å². The Labute approximate surface area is 51.4 Å². The summed E-state index contributed by atoms with van der Waals surface area (Å²) >= 11 is 0. The topological polar surface area (TPSA) is 80.3 Å². The smallest absolute Gasteiger partial charge is 0.0672 e. The Bertz CT molecular complexity index is 168. The van der Waals surface area contributed by atoms with Gasteiger partial charge in [0, 0.05) is 0 Å². The summed E-state index contributed by atoms with van der Waals surface area (Å²) in [6.45, 7) is 1.12. The third-order valence-electron chi connectivity index (χ3n) is 0.656. The average Bonchev–Trinajstić information content (AvgIpc) is 1.63. The van der Waals surface area contributed by atoms with Crippen molar-refractivity contribution in [2.45, 2.75) is 6.92 Å². The van der Waals surface area contributed by atoms with Gasteiger partial charge >= 0.3 is 0 Å². The summed E-state index contributed by atoms with van der Waals surface area (Å²) in [6.07, 6.45) is 0.468. The second-order valence-electron chi connectivity index (χ2n) is 1.43. The molecule has 0 heterocycles. The molecule has 0 saturated carbocycles. The standard InChI is InChI=1S/C5H6O4/c1-3(5(8)9)2-4(6)7/h2H,1H3,(H,6,7)(H,8,9)/p-2/b3-2+. The number of aliphatic carboxylic acids is 2. The van der Waals surface area contributed by atoms with Gasteiger partial charge in [0.15, 0.2) is 0 Å². The van der Waals surface area contributed by atoms with Crippen molar-refractivity contribution in [1.82, 2.24) is 0 Å². The van der Waals surface area contributed by atoms with Gasteiger partial charge in [-0.3, -0.25) is 0 Å². The molecule has 0 radical (unpaired) electrons. The Kier molecular flexibility index (Phi) is 2.44. The third kappa shape index (κ3) is 3.28. The monoisotopic (exact) mass is 128 g/mol. The molecule has 0 N–H and O–H groups in total. The van der Waals surface area contributed by atoms with Crippen LogP contribution in [-0.4, -0.2) is 11.9 Å². The number of hydrogen-bond acceptors (Lipinski definition) is 4. The van der Waals surface area contributed by atoms with Crippen molar-refractivity contribution in [3.05, 3.63) is 11.6 Å². The first-order valence-electron chi connectivity index (χ1n) is 2.14. The van der Waals surface area contributed by atoms with E-state index in [4.69, 9.17) is 0 Å². The highest BCUT2D eigenvalue weighted by Gasteiger charge is 1.86. The van der Waals surface area contributed by atoms with Gasteiger partial charge in [0.25, 0.3) is 0 Å². The molecule has 0 aromatic heterocycles. The molecular formula is C5H4O4-2. The maximum Gasteiger partial charge on any atom is 0.0672 e. The Morgan fingerprint density at radius 2 is 1.78 bits per heavy atom. The summed E-state index contributed by atoms with van der Waals surface area (Å²) < 4.78 is 0. The van der Waals surface area contributed by atoms with Gasteiger partial charge in [-0.05, 0) is 18.6 Å². The first-order chi connectivity index (χ1) is 4.04. The molecule has 0 unspecified atom stereocenters. The molecule has 4 nitrogen and oxygen atoms in total. The Morgan fingerprint density at radius 1 is 1.33 bits per heavy atom. The molecule has 9 heavy (non-hydrogen) atoms. The molecule has 50 valence electrons. The van der Waals surface area contributed by atoms with E-state index in [2.05, 4.69) is 0 Å². The van der Waals surface area contributed by atoms with E-state index in [1.807, 2.05) is 0 Å². The van der Waals surface area contributed by atoms with Crippen LogP contribution >= 0.6 is 0 Å². The highest BCUT2D eigenvalue weighted by atomic mass is 16.4. The fraction of sp³-hybridized carbons (Fsp3) is 0.200. The van der Waals surface area contributed by atoms with Gasteiger partial charge in [-0.2, -0.15) is 0 Å². The zero-order valence-electron chi connectivity index (χ0n) is 4.71. The normalized spacial score (nSPS) is 11.0. The summed E-state index contributed by atoms with van der Waals surface area (Å²) in [6, 6.07) is 0. The van der Waals surface area contributed by atoms with Crippen LogP contribution in [0.15, 0.2) is 11.6 Å². The maximum absolute atomic E-state index is 9.76. The largest absolute Gasteiger partial charge is 0.545 e. The van der Waals surface area contributed by atoms with E-state index in [1.165, 1.54) is 0 Å². The van der Waals surface area contributed by atoms with E-state index in [0.29, 0.717) is 6.08 Å². The van der Waals surface area contributed by atoms with E-state index in [9.17, 15) is 19.8 Å². The van der Waals surface area contributed by atoms with Crippen LogP contribution in [0, 0.1) is 0 Å². The van der Waals surface area contributed by atoms with Crippen molar-refractivity contribution in [2.24, 2.45) is 0 Å². The van der Waals surface area contributed by atoms with Crippen LogP contribution < -0.4 is 10.2 Å². The molecular weight excluding hydrogens is 124 g/mol. The van der Waals surface area contributed by atoms with Gasteiger partial charge in [0.1, 0.15) is 0 Å². The number of carbonyl (C=O) groups is 2. The molecule has 0 saturated heterocycles. The Balaban J connectivity index is 4.17. The zero-order valence-corrected chi connectivity index (χ0v) is 4.71. The molecule has 0 aliphatic heterocycles. The van der Waals surface area contributed by atoms with E-state index in [1.54, 1.807) is 0 Å². The SMILES string of the molecule is C/C(=C\C(=O)[O-])C(=O)[O-]. The quantitative estimate of drug-likeness (QED) is 0.383. The Morgan fingerprint density at radius 3 is 1.89 bits per heavy atom. The molecule has 0 fully saturated rings. The molecule has 0 amide bonds. The molecule has 0 aliphatic rings. The van der Waals surface area contributed by atoms with Gasteiger partial charge in [0.2, 0.25) is 0 Å². The van der Waals surface area contributed by atoms with Gasteiger partial charge in [-0.25, -0.2) is 0 Å². The predicted molar refractivity (Wildman–Crippen MR) is 23.8 cm³/mol. The molecule has 4 heteroatoms. The van der Waals surface area contributed by atoms with Crippen molar-refractivity contribution >= 4 is 11.9 Å². The maximum atomic E-state index is 9.76. The summed E-state index contributed by atoms with van der Waals surface area (Å²) in [4.78, 5) is 19.4. The summed E-state index contributed by atoms with van der Waals surface area (Å²) in [5.41, 5.74) is -0.352. The van der Waals surface area contributed by atoms with Crippen molar-refractivity contribution < 1.29 is 19.8 Å². The number of carboxylic acid groups (broad SMARTS) is 2. The lowest BCUT2D eigenvalue weighted by molar-refractivity contribution is -0.302. The van der Waals surface area contributed by atoms with Crippen molar-refractivity contribution in [3.8, 4) is 0 Å². The van der Waals surface area contributed by atoms with Crippen LogP contribution in [0.5, 0.6) is 0 Å². The first kappa shape index (κ1) is 7.68. The number of carbonyl (C=O) groups excluding carboxylic acids is 2. The van der Waals surface area contributed by atoms with Crippen molar-refractivity contribution in [1.29, 1.82) is 0 Å². The number of rotatable bonds is 2. The van der Waals surface area contributed by atoms with Crippen molar-refractivity contribution in [3.63, 3.8) is 0 Å². The molecule has 0 bridgehead atoms. The second kappa shape index (κ2) is 2.86. The lowest BCUT2D eigenvalue weighted by Crippen LogP contribution is -2.26. The highest BCUT2D eigenvalue weighted by Crippen LogP contribution is 1.86. The van der Waals surface area contributed by atoms with Crippen LogP contribution in [-0.2, 0) is 9.59 Å². The minimum atomic E-state index is -1.53.